The third kappa shape index (κ3) is 6.78. The van der Waals surface area contributed by atoms with E-state index in [1.165, 1.54) is 86.5 Å². The van der Waals surface area contributed by atoms with Gasteiger partial charge in [0, 0.05) is 33.0 Å². The Morgan fingerprint density at radius 2 is 1.42 bits per heavy atom. The molecule has 4 aromatic carbocycles. The molecule has 0 unspecified atom stereocenters. The molecule has 2 aromatic heterocycles. The summed E-state index contributed by atoms with van der Waals surface area (Å²) in [4.78, 5) is 10.00. The van der Waals surface area contributed by atoms with Crippen LogP contribution in [0.25, 0.3) is 44.9 Å². The van der Waals surface area contributed by atoms with E-state index in [1.54, 1.807) is 0 Å². The van der Waals surface area contributed by atoms with Crippen molar-refractivity contribution in [1.82, 2.24) is 9.97 Å². The minimum Gasteiger partial charge on any atom is -0.507 e. The number of aromatic nitrogens is 2. The van der Waals surface area contributed by atoms with Crippen LogP contribution in [0.15, 0.2) is 102 Å². The molecule has 2 aliphatic rings. The Morgan fingerprint density at radius 1 is 0.688 bits per heavy atom. The molecular formula is C43H41N2O2Pt-. The molecule has 0 bridgehead atoms. The number of hydrogen-bond donors (Lipinski definition) is 1. The van der Waals surface area contributed by atoms with E-state index in [0.29, 0.717) is 28.9 Å². The van der Waals surface area contributed by atoms with Crippen molar-refractivity contribution in [3.05, 3.63) is 126 Å². The first kappa shape index (κ1) is 32.5. The summed E-state index contributed by atoms with van der Waals surface area (Å²) in [6, 6.07) is 35.4. The van der Waals surface area contributed by atoms with Crippen molar-refractivity contribution in [3.63, 3.8) is 0 Å². The Hall–Kier alpha value is -4.01. The fraction of sp³-hybridized carbons (Fsp3) is 0.302. The van der Waals surface area contributed by atoms with Gasteiger partial charge in [-0.3, -0.25) is 4.98 Å². The predicted octanol–water partition coefficient (Wildman–Crippen LogP) is 11.4. The van der Waals surface area contributed by atoms with Crippen molar-refractivity contribution in [3.8, 4) is 39.6 Å². The second-order valence-electron chi connectivity index (χ2n) is 13.5. The van der Waals surface area contributed by atoms with Gasteiger partial charge in [-0.05, 0) is 79.3 Å². The van der Waals surface area contributed by atoms with Crippen LogP contribution in [0.1, 0.15) is 98.3 Å². The summed E-state index contributed by atoms with van der Waals surface area (Å²) in [6.07, 6.45) is 15.2. The molecule has 1 N–H and O–H groups in total. The maximum absolute atomic E-state index is 11.0. The maximum Gasteiger partial charge on any atom is 0.230 e. The number of hydrogen-bond acceptors (Lipinski definition) is 4. The van der Waals surface area contributed by atoms with Crippen LogP contribution in [-0.4, -0.2) is 15.1 Å². The molecule has 48 heavy (non-hydrogen) atoms. The first-order valence-electron chi connectivity index (χ1n) is 17.5. The standard InChI is InChI=1S/C43H41N2O2.Pt/c46-39-22-21-32(30-14-6-2-7-15-30)28-38(39)43-45-42-37(19-10-20-40(42)47-43)35-25-34(31-16-8-3-9-17-31)26-36(27-35)41-33(18-11-23-44-41)24-29-12-4-1-5-13-29;/h1,4-5,10-13,18-23,25-26,28,30-31,46H,2-3,6-9,14-17,24H2;/q-1;. The van der Waals surface area contributed by atoms with Gasteiger partial charge in [0.1, 0.15) is 11.3 Å². The first-order chi connectivity index (χ1) is 23.2. The molecule has 0 aliphatic heterocycles. The Kier molecular flexibility index (Phi) is 9.91. The number of oxazole rings is 1. The summed E-state index contributed by atoms with van der Waals surface area (Å²) in [5.74, 6) is 1.70. The van der Waals surface area contributed by atoms with Gasteiger partial charge in [-0.25, -0.2) is 4.98 Å². The van der Waals surface area contributed by atoms with Crippen LogP contribution in [-0.2, 0) is 27.5 Å². The van der Waals surface area contributed by atoms with Crippen molar-refractivity contribution >= 4 is 11.1 Å². The van der Waals surface area contributed by atoms with E-state index in [-0.39, 0.29) is 26.8 Å². The summed E-state index contributed by atoms with van der Waals surface area (Å²) in [6.45, 7) is 0. The monoisotopic (exact) mass is 812 g/mol. The Labute approximate surface area is 297 Å². The minimum absolute atomic E-state index is 0. The van der Waals surface area contributed by atoms with Crippen molar-refractivity contribution in [2.75, 3.05) is 0 Å². The van der Waals surface area contributed by atoms with Gasteiger partial charge >= 0.3 is 0 Å². The molecule has 8 rings (SSSR count). The molecule has 6 aromatic rings. The van der Waals surface area contributed by atoms with Crippen LogP contribution >= 0.6 is 0 Å². The number of phenolic OH excluding ortho intramolecular Hbond substituents is 1. The molecule has 0 atom stereocenters. The third-order valence-electron chi connectivity index (χ3n) is 10.4. The van der Waals surface area contributed by atoms with Gasteiger partial charge in [0.2, 0.25) is 5.89 Å². The summed E-state index contributed by atoms with van der Waals surface area (Å²) in [7, 11) is 0. The van der Waals surface area contributed by atoms with E-state index < -0.39 is 0 Å². The first-order valence-corrected chi connectivity index (χ1v) is 17.5. The summed E-state index contributed by atoms with van der Waals surface area (Å²) in [5, 5.41) is 11.0. The zero-order valence-electron chi connectivity index (χ0n) is 27.2. The number of rotatable bonds is 7. The van der Waals surface area contributed by atoms with Crippen molar-refractivity contribution in [2.45, 2.75) is 82.5 Å². The molecule has 2 fully saturated rings. The van der Waals surface area contributed by atoms with Gasteiger partial charge in [0.15, 0.2) is 0 Å². The number of aromatic hydroxyl groups is 1. The van der Waals surface area contributed by atoms with E-state index in [2.05, 4.69) is 72.8 Å². The van der Waals surface area contributed by atoms with Crippen LogP contribution in [0.2, 0.25) is 0 Å². The summed E-state index contributed by atoms with van der Waals surface area (Å²) in [5.41, 5.74) is 11.2. The number of para-hydroxylation sites is 1. The van der Waals surface area contributed by atoms with Crippen LogP contribution in [0.3, 0.4) is 0 Å². The molecule has 5 heteroatoms. The van der Waals surface area contributed by atoms with E-state index >= 15 is 0 Å². The van der Waals surface area contributed by atoms with E-state index in [9.17, 15) is 5.11 Å². The zero-order chi connectivity index (χ0) is 31.6. The summed E-state index contributed by atoms with van der Waals surface area (Å²) >= 11 is 0. The molecule has 246 valence electrons. The SMILES string of the molecule is Oc1ccc(C2CCCCC2)cc1-c1nc2c(-c3[c-]c(-c4ncccc4Cc4ccccc4)cc(C4CCCCC4)c3)cccc2o1.[Pt]. The third-order valence-corrected chi connectivity index (χ3v) is 10.4. The fourth-order valence-electron chi connectivity index (χ4n) is 7.87. The molecule has 2 aliphatic carbocycles. The quantitative estimate of drug-likeness (QED) is 0.163. The second-order valence-corrected chi connectivity index (χ2v) is 13.5. The number of fused-ring (bicyclic) bond motifs is 1. The van der Waals surface area contributed by atoms with E-state index in [1.807, 2.05) is 30.5 Å². The number of nitrogens with zero attached hydrogens (tertiary/aromatic N) is 2. The average Bonchev–Trinajstić information content (AvgIpc) is 3.58. The Bertz CT molecular complexity index is 2010. The largest absolute Gasteiger partial charge is 0.507 e. The van der Waals surface area contributed by atoms with Gasteiger partial charge in [-0.15, -0.1) is 29.3 Å². The Morgan fingerprint density at radius 3 is 2.19 bits per heavy atom. The van der Waals surface area contributed by atoms with Crippen molar-refractivity contribution < 1.29 is 30.6 Å². The second kappa shape index (κ2) is 14.6. The molecule has 4 nitrogen and oxygen atoms in total. The van der Waals surface area contributed by atoms with Crippen LogP contribution < -0.4 is 0 Å². The van der Waals surface area contributed by atoms with Gasteiger partial charge in [-0.1, -0.05) is 110 Å². The number of phenols is 1. The average molecular weight is 813 g/mol. The number of pyridine rings is 1. The molecule has 2 saturated carbocycles. The molecule has 0 saturated heterocycles. The molecular weight excluding hydrogens is 772 g/mol. The van der Waals surface area contributed by atoms with Crippen molar-refractivity contribution in [2.24, 2.45) is 0 Å². The van der Waals surface area contributed by atoms with Gasteiger partial charge in [-0.2, -0.15) is 0 Å². The normalized spacial score (nSPS) is 15.8. The fourth-order valence-corrected chi connectivity index (χ4v) is 7.87. The van der Waals surface area contributed by atoms with Crippen LogP contribution in [0, 0.1) is 6.07 Å². The van der Waals surface area contributed by atoms with E-state index in [4.69, 9.17) is 14.4 Å². The van der Waals surface area contributed by atoms with Gasteiger partial charge in [0.05, 0.1) is 11.1 Å². The zero-order valence-corrected chi connectivity index (χ0v) is 29.5. The number of benzene rings is 4. The Balaban J connectivity index is 0.00000364. The van der Waals surface area contributed by atoms with Gasteiger partial charge < -0.3 is 9.52 Å². The maximum atomic E-state index is 11.0. The van der Waals surface area contributed by atoms with Crippen molar-refractivity contribution in [1.29, 1.82) is 0 Å². The van der Waals surface area contributed by atoms with E-state index in [0.717, 1.165) is 34.3 Å². The molecule has 0 amide bonds. The smallest absolute Gasteiger partial charge is 0.230 e. The molecule has 2 heterocycles. The minimum atomic E-state index is 0. The molecule has 0 radical (unpaired) electrons. The van der Waals surface area contributed by atoms with Gasteiger partial charge in [0.25, 0.3) is 0 Å². The van der Waals surface area contributed by atoms with Crippen LogP contribution in [0.5, 0.6) is 5.75 Å². The summed E-state index contributed by atoms with van der Waals surface area (Å²) < 4.78 is 6.39. The predicted molar refractivity (Wildman–Crippen MR) is 190 cm³/mol. The molecule has 0 spiro atoms. The van der Waals surface area contributed by atoms with Crippen LogP contribution in [0.4, 0.5) is 0 Å². The topological polar surface area (TPSA) is 59.2 Å².